The van der Waals surface area contributed by atoms with Crippen molar-refractivity contribution < 1.29 is 19.0 Å². The molecule has 0 saturated carbocycles. The molecule has 0 amide bonds. The smallest absolute Gasteiger partial charge is 0.152 e. The lowest BCUT2D eigenvalue weighted by molar-refractivity contribution is -0.207. The molecule has 2 aliphatic heterocycles. The molecule has 16 heavy (non-hydrogen) atoms. The van der Waals surface area contributed by atoms with Gasteiger partial charge in [0.2, 0.25) is 0 Å². The zero-order valence-corrected chi connectivity index (χ0v) is 9.77. The van der Waals surface area contributed by atoms with Gasteiger partial charge in [0.15, 0.2) is 5.78 Å². The first-order valence-corrected chi connectivity index (χ1v) is 5.63. The molecule has 0 bridgehead atoms. The average Bonchev–Trinajstić information content (AvgIpc) is 2.63. The zero-order valence-electron chi connectivity index (χ0n) is 9.77. The molecule has 0 N–H and O–H groups in total. The molecule has 3 atom stereocenters. The highest BCUT2D eigenvalue weighted by atomic mass is 16.6. The van der Waals surface area contributed by atoms with Gasteiger partial charge in [-0.3, -0.25) is 4.79 Å². The predicted molar refractivity (Wildman–Crippen MR) is 58.3 cm³/mol. The van der Waals surface area contributed by atoms with Crippen molar-refractivity contribution >= 4 is 5.78 Å². The van der Waals surface area contributed by atoms with Crippen molar-refractivity contribution in [2.24, 2.45) is 0 Å². The summed E-state index contributed by atoms with van der Waals surface area (Å²) < 4.78 is 17.0. The van der Waals surface area contributed by atoms with Gasteiger partial charge in [0.05, 0.1) is 25.4 Å². The number of carbonyl (C=O) groups is 1. The second kappa shape index (κ2) is 4.65. The minimum Gasteiger partial charge on any atom is -0.376 e. The van der Waals surface area contributed by atoms with Crippen molar-refractivity contribution in [3.8, 4) is 0 Å². The van der Waals surface area contributed by atoms with E-state index < -0.39 is 0 Å². The lowest BCUT2D eigenvalue weighted by Crippen LogP contribution is -2.49. The molecule has 4 nitrogen and oxygen atoms in total. The van der Waals surface area contributed by atoms with Crippen LogP contribution in [-0.2, 0) is 19.0 Å². The monoisotopic (exact) mass is 226 g/mol. The van der Waals surface area contributed by atoms with Crippen LogP contribution in [0.3, 0.4) is 0 Å². The van der Waals surface area contributed by atoms with Gasteiger partial charge in [-0.1, -0.05) is 6.08 Å². The first-order chi connectivity index (χ1) is 7.59. The third kappa shape index (κ3) is 2.70. The summed E-state index contributed by atoms with van der Waals surface area (Å²) in [5.41, 5.74) is -0.333. The van der Waals surface area contributed by atoms with Crippen LogP contribution < -0.4 is 0 Å². The van der Waals surface area contributed by atoms with Gasteiger partial charge in [-0.25, -0.2) is 0 Å². The lowest BCUT2D eigenvalue weighted by Gasteiger charge is -2.39. The van der Waals surface area contributed by atoms with Crippen molar-refractivity contribution in [3.05, 3.63) is 12.2 Å². The number of carbonyl (C=O) groups excluding carboxylic acids is 1. The molecular formula is C12H18O4. The minimum absolute atomic E-state index is 0.0458. The van der Waals surface area contributed by atoms with Crippen LogP contribution in [0.5, 0.6) is 0 Å². The normalized spacial score (nSPS) is 38.9. The maximum Gasteiger partial charge on any atom is 0.152 e. The number of rotatable bonds is 3. The van der Waals surface area contributed by atoms with Gasteiger partial charge < -0.3 is 14.2 Å². The Morgan fingerprint density at radius 1 is 1.44 bits per heavy atom. The van der Waals surface area contributed by atoms with Gasteiger partial charge in [-0.15, -0.1) is 0 Å². The van der Waals surface area contributed by atoms with Crippen LogP contribution in [0.1, 0.15) is 20.3 Å². The second-order valence-electron chi connectivity index (χ2n) is 4.71. The van der Waals surface area contributed by atoms with E-state index in [4.69, 9.17) is 14.2 Å². The van der Waals surface area contributed by atoms with E-state index in [9.17, 15) is 4.79 Å². The van der Waals surface area contributed by atoms with E-state index in [1.807, 2.05) is 13.0 Å². The number of ether oxygens (including phenoxy) is 3. The number of hydrogen-bond acceptors (Lipinski definition) is 4. The molecule has 0 unspecified atom stereocenters. The minimum atomic E-state index is -0.333. The Kier molecular flexibility index (Phi) is 3.42. The SMILES string of the molecule is CC(=O)/C=C/C[C@@]1(C)CO[C@@H]2COC[C@H]2O1. The molecular weight excluding hydrogens is 208 g/mol. The molecule has 0 radical (unpaired) electrons. The Hall–Kier alpha value is -0.710. The standard InChI is InChI=1S/C12H18O4/c1-9(13)4-3-5-12(2)8-15-10-6-14-7-11(10)16-12/h3-4,10-11H,5-8H2,1-2H3/b4-3+/t10-,11-,12+/m1/s1. The third-order valence-electron chi connectivity index (χ3n) is 2.92. The van der Waals surface area contributed by atoms with Crippen LogP contribution in [0.2, 0.25) is 0 Å². The van der Waals surface area contributed by atoms with Crippen molar-refractivity contribution in [2.75, 3.05) is 19.8 Å². The van der Waals surface area contributed by atoms with Crippen LogP contribution in [-0.4, -0.2) is 43.4 Å². The van der Waals surface area contributed by atoms with E-state index in [-0.39, 0.29) is 23.6 Å². The molecule has 0 aromatic heterocycles. The van der Waals surface area contributed by atoms with Crippen molar-refractivity contribution in [1.82, 2.24) is 0 Å². The maximum atomic E-state index is 10.8. The summed E-state index contributed by atoms with van der Waals surface area (Å²) in [6, 6.07) is 0. The van der Waals surface area contributed by atoms with E-state index in [1.54, 1.807) is 6.08 Å². The molecule has 2 heterocycles. The highest BCUT2D eigenvalue weighted by molar-refractivity contribution is 5.87. The summed E-state index contributed by atoms with van der Waals surface area (Å²) >= 11 is 0. The number of ketones is 1. The first-order valence-electron chi connectivity index (χ1n) is 5.63. The molecule has 0 aromatic carbocycles. The summed E-state index contributed by atoms with van der Waals surface area (Å²) in [5, 5.41) is 0. The maximum absolute atomic E-state index is 10.8. The van der Waals surface area contributed by atoms with Gasteiger partial charge in [-0.05, 0) is 26.3 Å². The Morgan fingerprint density at radius 3 is 2.94 bits per heavy atom. The Balaban J connectivity index is 1.90. The van der Waals surface area contributed by atoms with E-state index in [0.29, 0.717) is 26.2 Å². The van der Waals surface area contributed by atoms with Gasteiger partial charge in [0.25, 0.3) is 0 Å². The Labute approximate surface area is 95.6 Å². The van der Waals surface area contributed by atoms with E-state index in [2.05, 4.69) is 0 Å². The van der Waals surface area contributed by atoms with E-state index in [1.165, 1.54) is 6.92 Å². The fourth-order valence-corrected chi connectivity index (χ4v) is 2.04. The molecule has 2 fully saturated rings. The molecule has 2 saturated heterocycles. The molecule has 2 aliphatic rings. The van der Waals surface area contributed by atoms with Crippen molar-refractivity contribution in [2.45, 2.75) is 38.1 Å². The molecule has 0 aliphatic carbocycles. The number of fused-ring (bicyclic) bond motifs is 1. The fourth-order valence-electron chi connectivity index (χ4n) is 2.04. The van der Waals surface area contributed by atoms with Gasteiger partial charge in [0, 0.05) is 0 Å². The first kappa shape index (κ1) is 11.8. The van der Waals surface area contributed by atoms with Crippen LogP contribution in [0.4, 0.5) is 0 Å². The highest BCUT2D eigenvalue weighted by Gasteiger charge is 2.41. The largest absolute Gasteiger partial charge is 0.376 e. The predicted octanol–water partition coefficient (Wildman–Crippen LogP) is 1.09. The van der Waals surface area contributed by atoms with Crippen LogP contribution in [0.25, 0.3) is 0 Å². The number of hydrogen-bond donors (Lipinski definition) is 0. The molecule has 0 aromatic rings. The highest BCUT2D eigenvalue weighted by Crippen LogP contribution is 2.29. The average molecular weight is 226 g/mol. The molecule has 4 heteroatoms. The summed E-state index contributed by atoms with van der Waals surface area (Å²) in [6.45, 7) is 5.34. The quantitative estimate of drug-likeness (QED) is 0.676. The van der Waals surface area contributed by atoms with Crippen molar-refractivity contribution in [1.29, 1.82) is 0 Å². The second-order valence-corrected chi connectivity index (χ2v) is 4.71. The molecule has 0 spiro atoms. The summed E-state index contributed by atoms with van der Waals surface area (Å²) in [4.78, 5) is 10.8. The van der Waals surface area contributed by atoms with E-state index >= 15 is 0 Å². The fraction of sp³-hybridized carbons (Fsp3) is 0.750. The topological polar surface area (TPSA) is 44.8 Å². The lowest BCUT2D eigenvalue weighted by atomic mass is 10.00. The summed E-state index contributed by atoms with van der Waals surface area (Å²) in [7, 11) is 0. The zero-order chi connectivity index (χ0) is 11.6. The van der Waals surface area contributed by atoms with Gasteiger partial charge in [0.1, 0.15) is 12.2 Å². The molecule has 90 valence electrons. The van der Waals surface area contributed by atoms with Crippen molar-refractivity contribution in [3.63, 3.8) is 0 Å². The Bertz CT molecular complexity index is 299. The molecule has 2 rings (SSSR count). The van der Waals surface area contributed by atoms with Crippen LogP contribution in [0.15, 0.2) is 12.2 Å². The van der Waals surface area contributed by atoms with Crippen LogP contribution >= 0.6 is 0 Å². The third-order valence-corrected chi connectivity index (χ3v) is 2.92. The van der Waals surface area contributed by atoms with Crippen LogP contribution in [0, 0.1) is 0 Å². The Morgan fingerprint density at radius 2 is 2.19 bits per heavy atom. The number of allylic oxidation sites excluding steroid dienone is 1. The van der Waals surface area contributed by atoms with E-state index in [0.717, 1.165) is 0 Å². The van der Waals surface area contributed by atoms with Gasteiger partial charge in [-0.2, -0.15) is 0 Å². The van der Waals surface area contributed by atoms with Gasteiger partial charge >= 0.3 is 0 Å². The summed E-state index contributed by atoms with van der Waals surface area (Å²) in [6.07, 6.45) is 4.25. The summed E-state index contributed by atoms with van der Waals surface area (Å²) in [5.74, 6) is 0.0578.